The van der Waals surface area contributed by atoms with E-state index in [1.54, 1.807) is 24.3 Å². The van der Waals surface area contributed by atoms with Crippen molar-refractivity contribution in [2.75, 3.05) is 13.7 Å². The summed E-state index contributed by atoms with van der Waals surface area (Å²) in [5.41, 5.74) is 0.285. The minimum atomic E-state index is -0.407. The fourth-order valence-electron chi connectivity index (χ4n) is 2.02. The maximum Gasteiger partial charge on any atom is 0.311 e. The second kappa shape index (κ2) is 6.29. The molecule has 1 aromatic heterocycles. The molecule has 1 N–H and O–H groups in total. The van der Waals surface area contributed by atoms with Crippen molar-refractivity contribution in [1.29, 1.82) is 0 Å². The first-order chi connectivity index (χ1) is 9.67. The molecule has 0 atom stereocenters. The van der Waals surface area contributed by atoms with Gasteiger partial charge in [0.15, 0.2) is 0 Å². The summed E-state index contributed by atoms with van der Waals surface area (Å²) in [6.07, 6.45) is 0.444. The van der Waals surface area contributed by atoms with E-state index in [1.165, 1.54) is 11.8 Å². The van der Waals surface area contributed by atoms with E-state index in [9.17, 15) is 9.59 Å². The van der Waals surface area contributed by atoms with Gasteiger partial charge in [-0.1, -0.05) is 18.2 Å². The smallest absolute Gasteiger partial charge is 0.311 e. The Bertz CT molecular complexity index is 678. The second-order valence-corrected chi connectivity index (χ2v) is 4.35. The predicted octanol–water partition coefficient (Wildman–Crippen LogP) is 0.494. The molecule has 20 heavy (non-hydrogen) atoms. The van der Waals surface area contributed by atoms with Crippen LogP contribution in [0.3, 0.4) is 0 Å². The van der Waals surface area contributed by atoms with Gasteiger partial charge in [0.2, 0.25) is 0 Å². The first-order valence-electron chi connectivity index (χ1n) is 6.33. The number of aromatic nitrogens is 2. The second-order valence-electron chi connectivity index (χ2n) is 4.35. The van der Waals surface area contributed by atoms with Crippen LogP contribution in [0.5, 0.6) is 0 Å². The molecular formula is C14H16N2O4. The van der Waals surface area contributed by atoms with E-state index in [0.29, 0.717) is 29.4 Å². The standard InChI is InChI=1S/C14H16N2O4/c1-20-13(18)9-12-10-5-2-3-6-11(10)14(19)16(15-12)7-4-8-17/h2-3,5-6,17H,4,7-9H2,1H3. The molecule has 0 saturated heterocycles. The number of carbonyl (C=O) groups excluding carboxylic acids is 1. The lowest BCUT2D eigenvalue weighted by Crippen LogP contribution is -2.26. The monoisotopic (exact) mass is 276 g/mol. The third-order valence-corrected chi connectivity index (χ3v) is 3.01. The number of nitrogens with zero attached hydrogens (tertiary/aromatic N) is 2. The largest absolute Gasteiger partial charge is 0.469 e. The highest BCUT2D eigenvalue weighted by atomic mass is 16.5. The number of fused-ring (bicyclic) bond motifs is 1. The van der Waals surface area contributed by atoms with Gasteiger partial charge in [0.05, 0.1) is 24.6 Å². The summed E-state index contributed by atoms with van der Waals surface area (Å²) in [4.78, 5) is 23.7. The zero-order valence-electron chi connectivity index (χ0n) is 11.2. The zero-order chi connectivity index (χ0) is 14.5. The lowest BCUT2D eigenvalue weighted by molar-refractivity contribution is -0.139. The lowest BCUT2D eigenvalue weighted by Gasteiger charge is -2.09. The molecule has 106 valence electrons. The van der Waals surface area contributed by atoms with Crippen LogP contribution in [-0.2, 0) is 22.5 Å². The Labute approximate surface area is 115 Å². The van der Waals surface area contributed by atoms with Crippen molar-refractivity contribution in [2.45, 2.75) is 19.4 Å². The van der Waals surface area contributed by atoms with Crippen LogP contribution >= 0.6 is 0 Å². The van der Waals surface area contributed by atoms with Gasteiger partial charge in [-0.25, -0.2) is 4.68 Å². The SMILES string of the molecule is COC(=O)Cc1nn(CCCO)c(=O)c2ccccc12. The molecule has 0 saturated carbocycles. The van der Waals surface area contributed by atoms with Crippen molar-refractivity contribution < 1.29 is 14.6 Å². The topological polar surface area (TPSA) is 81.4 Å². The van der Waals surface area contributed by atoms with Crippen LogP contribution in [0.1, 0.15) is 12.1 Å². The number of hydrogen-bond acceptors (Lipinski definition) is 5. The van der Waals surface area contributed by atoms with Gasteiger partial charge < -0.3 is 9.84 Å². The van der Waals surface area contributed by atoms with Gasteiger partial charge in [-0.15, -0.1) is 0 Å². The van der Waals surface area contributed by atoms with E-state index in [4.69, 9.17) is 5.11 Å². The van der Waals surface area contributed by atoms with Gasteiger partial charge in [-0.3, -0.25) is 9.59 Å². The summed E-state index contributed by atoms with van der Waals surface area (Å²) in [5.74, 6) is -0.407. The Morgan fingerprint density at radius 2 is 2.05 bits per heavy atom. The number of ether oxygens (including phenoxy) is 1. The summed E-state index contributed by atoms with van der Waals surface area (Å²) in [7, 11) is 1.31. The molecule has 2 aromatic rings. The summed E-state index contributed by atoms with van der Waals surface area (Å²) in [6.45, 7) is 0.293. The van der Waals surface area contributed by atoms with E-state index in [0.717, 1.165) is 0 Å². The fourth-order valence-corrected chi connectivity index (χ4v) is 2.02. The van der Waals surface area contributed by atoms with E-state index < -0.39 is 5.97 Å². The maximum atomic E-state index is 12.2. The van der Waals surface area contributed by atoms with Crippen LogP contribution < -0.4 is 5.56 Å². The predicted molar refractivity (Wildman–Crippen MR) is 73.4 cm³/mol. The Kier molecular flexibility index (Phi) is 4.47. The van der Waals surface area contributed by atoms with Gasteiger partial charge in [0.25, 0.3) is 5.56 Å². The van der Waals surface area contributed by atoms with Crippen molar-refractivity contribution in [2.24, 2.45) is 0 Å². The molecular weight excluding hydrogens is 260 g/mol. The minimum Gasteiger partial charge on any atom is -0.469 e. The molecule has 0 radical (unpaired) electrons. The van der Waals surface area contributed by atoms with Gasteiger partial charge in [0.1, 0.15) is 0 Å². The number of aliphatic hydroxyl groups is 1. The highest BCUT2D eigenvalue weighted by Crippen LogP contribution is 2.14. The highest BCUT2D eigenvalue weighted by Gasteiger charge is 2.13. The number of rotatable bonds is 5. The Morgan fingerprint density at radius 1 is 1.35 bits per heavy atom. The highest BCUT2D eigenvalue weighted by molar-refractivity contribution is 5.86. The first-order valence-corrected chi connectivity index (χ1v) is 6.33. The van der Waals surface area contributed by atoms with Crippen molar-refractivity contribution in [3.63, 3.8) is 0 Å². The summed E-state index contributed by atoms with van der Waals surface area (Å²) in [5, 5.41) is 14.3. The number of esters is 1. The third-order valence-electron chi connectivity index (χ3n) is 3.01. The Balaban J connectivity index is 2.56. The van der Waals surface area contributed by atoms with Crippen molar-refractivity contribution in [1.82, 2.24) is 9.78 Å². The number of carbonyl (C=O) groups is 1. The molecule has 1 aromatic carbocycles. The molecule has 0 aliphatic heterocycles. The first kappa shape index (κ1) is 14.2. The average Bonchev–Trinajstić information content (AvgIpc) is 2.48. The van der Waals surface area contributed by atoms with Gasteiger partial charge in [-0.05, 0) is 12.5 Å². The molecule has 6 heteroatoms. The quantitative estimate of drug-likeness (QED) is 0.804. The third kappa shape index (κ3) is 2.85. The molecule has 0 aliphatic rings. The van der Waals surface area contributed by atoms with Crippen LogP contribution in [0, 0.1) is 0 Å². The van der Waals surface area contributed by atoms with Gasteiger partial charge in [-0.2, -0.15) is 5.10 Å². The summed E-state index contributed by atoms with van der Waals surface area (Å²) in [6, 6.07) is 7.03. The van der Waals surface area contributed by atoms with E-state index in [-0.39, 0.29) is 18.6 Å². The van der Waals surface area contributed by atoms with Crippen LogP contribution in [0.25, 0.3) is 10.8 Å². The molecule has 0 fully saturated rings. The van der Waals surface area contributed by atoms with E-state index in [1.807, 2.05) is 0 Å². The number of aryl methyl sites for hydroxylation is 1. The number of aliphatic hydroxyl groups excluding tert-OH is 1. The zero-order valence-corrected chi connectivity index (χ0v) is 11.2. The minimum absolute atomic E-state index is 0.0103. The molecule has 0 amide bonds. The van der Waals surface area contributed by atoms with Crippen LogP contribution in [0.4, 0.5) is 0 Å². The van der Waals surface area contributed by atoms with E-state index >= 15 is 0 Å². The van der Waals surface area contributed by atoms with Gasteiger partial charge >= 0.3 is 5.97 Å². The van der Waals surface area contributed by atoms with Crippen LogP contribution in [0.15, 0.2) is 29.1 Å². The molecule has 0 spiro atoms. The number of methoxy groups -OCH3 is 1. The normalized spacial score (nSPS) is 10.7. The summed E-state index contributed by atoms with van der Waals surface area (Å²) >= 11 is 0. The molecule has 6 nitrogen and oxygen atoms in total. The van der Waals surface area contributed by atoms with Crippen LogP contribution in [0.2, 0.25) is 0 Å². The molecule has 0 aliphatic carbocycles. The fraction of sp³-hybridized carbons (Fsp3) is 0.357. The lowest BCUT2D eigenvalue weighted by atomic mass is 10.1. The summed E-state index contributed by atoms with van der Waals surface area (Å²) < 4.78 is 5.94. The number of hydrogen-bond donors (Lipinski definition) is 1. The van der Waals surface area contributed by atoms with Crippen molar-refractivity contribution >= 4 is 16.7 Å². The molecule has 2 rings (SSSR count). The molecule has 0 unspecified atom stereocenters. The van der Waals surface area contributed by atoms with Crippen molar-refractivity contribution in [3.8, 4) is 0 Å². The Hall–Kier alpha value is -2.21. The van der Waals surface area contributed by atoms with Crippen molar-refractivity contribution in [3.05, 3.63) is 40.3 Å². The average molecular weight is 276 g/mol. The molecule has 0 bridgehead atoms. The Morgan fingerprint density at radius 3 is 2.70 bits per heavy atom. The van der Waals surface area contributed by atoms with E-state index in [2.05, 4.69) is 9.84 Å². The van der Waals surface area contributed by atoms with Crippen LogP contribution in [-0.4, -0.2) is 34.6 Å². The van der Waals surface area contributed by atoms with Gasteiger partial charge in [0, 0.05) is 18.5 Å². The molecule has 1 heterocycles. The number of benzene rings is 1. The maximum absolute atomic E-state index is 12.2.